The Labute approximate surface area is 155 Å². The quantitative estimate of drug-likeness (QED) is 0.633. The van der Waals surface area contributed by atoms with Crippen molar-refractivity contribution in [3.8, 4) is 11.5 Å². The smallest absolute Gasteiger partial charge is 0.329 e. The summed E-state index contributed by atoms with van der Waals surface area (Å²) in [5, 5.41) is 2.45. The van der Waals surface area contributed by atoms with Crippen LogP contribution in [0.4, 0.5) is 10.5 Å². The van der Waals surface area contributed by atoms with Gasteiger partial charge < -0.3 is 10.1 Å². The molecule has 130 valence electrons. The van der Waals surface area contributed by atoms with Crippen LogP contribution in [0.3, 0.4) is 0 Å². The highest BCUT2D eigenvalue weighted by Crippen LogP contribution is 2.29. The monoisotopic (exact) mass is 364 g/mol. The molecule has 0 saturated heterocycles. The van der Waals surface area contributed by atoms with Gasteiger partial charge in [0.05, 0.1) is 5.69 Å². The van der Waals surface area contributed by atoms with Crippen LogP contribution in [0.2, 0.25) is 0 Å². The van der Waals surface area contributed by atoms with E-state index in [9.17, 15) is 9.59 Å². The van der Waals surface area contributed by atoms with Crippen molar-refractivity contribution >= 4 is 28.8 Å². The molecule has 2 N–H and O–H groups in total. The minimum absolute atomic E-state index is 0.241. The van der Waals surface area contributed by atoms with E-state index in [1.807, 2.05) is 42.5 Å². The van der Waals surface area contributed by atoms with Crippen LogP contribution < -0.4 is 14.8 Å². The summed E-state index contributed by atoms with van der Waals surface area (Å²) in [6.45, 7) is 0. The Balaban J connectivity index is 1.60. The molecule has 3 rings (SSSR count). The van der Waals surface area contributed by atoms with Crippen molar-refractivity contribution in [2.24, 2.45) is 0 Å². The zero-order valence-corrected chi connectivity index (χ0v) is 14.5. The molecule has 3 aromatic rings. The predicted molar refractivity (Wildman–Crippen MR) is 103 cm³/mol. The number of carbonyl (C=O) groups is 2. The third-order valence-corrected chi connectivity index (χ3v) is 4.06. The molecule has 0 aromatic heterocycles. The minimum atomic E-state index is -0.511. The van der Waals surface area contributed by atoms with Crippen molar-refractivity contribution in [3.05, 3.63) is 90.5 Å². The van der Waals surface area contributed by atoms with E-state index in [0.717, 1.165) is 11.9 Å². The molecular formula is C20H16N2O3S. The zero-order chi connectivity index (χ0) is 18.2. The van der Waals surface area contributed by atoms with Gasteiger partial charge in [0.1, 0.15) is 5.75 Å². The van der Waals surface area contributed by atoms with Crippen molar-refractivity contribution in [3.63, 3.8) is 0 Å². The Morgan fingerprint density at radius 1 is 0.769 bits per heavy atom. The second kappa shape index (κ2) is 8.73. The molecule has 26 heavy (non-hydrogen) atoms. The lowest BCUT2D eigenvalue weighted by Crippen LogP contribution is -2.24. The lowest BCUT2D eigenvalue weighted by atomic mass is 10.2. The van der Waals surface area contributed by atoms with Crippen LogP contribution >= 0.6 is 11.9 Å². The fourth-order valence-corrected chi connectivity index (χ4v) is 2.64. The zero-order valence-electron chi connectivity index (χ0n) is 13.7. The van der Waals surface area contributed by atoms with E-state index in [4.69, 9.17) is 4.74 Å². The lowest BCUT2D eigenvalue weighted by Gasteiger charge is -2.12. The van der Waals surface area contributed by atoms with Crippen LogP contribution in [0, 0.1) is 0 Å². The van der Waals surface area contributed by atoms with E-state index in [2.05, 4.69) is 10.0 Å². The first kappa shape index (κ1) is 17.6. The summed E-state index contributed by atoms with van der Waals surface area (Å²) < 4.78 is 8.27. The highest BCUT2D eigenvalue weighted by Gasteiger charge is 2.11. The number of urea groups is 1. The second-order valence-electron chi connectivity index (χ2n) is 5.22. The summed E-state index contributed by atoms with van der Waals surface area (Å²) in [7, 11) is 0. The molecule has 0 fully saturated rings. The Hall–Kier alpha value is -3.25. The molecule has 0 atom stereocenters. The lowest BCUT2D eigenvalue weighted by molar-refractivity contribution is 0.108. The van der Waals surface area contributed by atoms with Crippen LogP contribution in [0.15, 0.2) is 84.9 Å². The minimum Gasteiger partial charge on any atom is -0.455 e. The van der Waals surface area contributed by atoms with Crippen molar-refractivity contribution in [1.29, 1.82) is 0 Å². The molecule has 2 amide bonds. The average molecular weight is 364 g/mol. The summed E-state index contributed by atoms with van der Waals surface area (Å²) >= 11 is 0.725. The molecule has 0 bridgehead atoms. The molecule has 0 saturated carbocycles. The SMILES string of the molecule is O=C(NSC(=O)c1ccccc1)Nc1ccccc1Oc1ccccc1. The van der Waals surface area contributed by atoms with Crippen molar-refractivity contribution in [2.45, 2.75) is 0 Å². The molecule has 0 aliphatic heterocycles. The topological polar surface area (TPSA) is 67.4 Å². The number of anilines is 1. The Bertz CT molecular complexity index is 886. The number of carbonyl (C=O) groups excluding carboxylic acids is 2. The highest BCUT2D eigenvalue weighted by atomic mass is 32.2. The van der Waals surface area contributed by atoms with Gasteiger partial charge in [-0.1, -0.05) is 60.7 Å². The van der Waals surface area contributed by atoms with E-state index >= 15 is 0 Å². The number of benzene rings is 3. The number of rotatable bonds is 4. The van der Waals surface area contributed by atoms with Gasteiger partial charge in [0.2, 0.25) is 5.12 Å². The van der Waals surface area contributed by atoms with Crippen molar-refractivity contribution in [2.75, 3.05) is 5.32 Å². The van der Waals surface area contributed by atoms with E-state index in [1.165, 1.54) is 0 Å². The normalized spacial score (nSPS) is 10.0. The Kier molecular flexibility index (Phi) is 5.90. The van der Waals surface area contributed by atoms with Crippen LogP contribution in [0.5, 0.6) is 11.5 Å². The van der Waals surface area contributed by atoms with Crippen molar-refractivity contribution < 1.29 is 14.3 Å². The summed E-state index contributed by atoms with van der Waals surface area (Å²) in [6.07, 6.45) is 0. The molecule has 0 radical (unpaired) electrons. The number of hydrogen-bond donors (Lipinski definition) is 2. The van der Waals surface area contributed by atoms with Crippen LogP contribution in [-0.2, 0) is 0 Å². The Morgan fingerprint density at radius 3 is 2.12 bits per heavy atom. The number of para-hydroxylation sites is 3. The van der Waals surface area contributed by atoms with Crippen LogP contribution in [0.1, 0.15) is 10.4 Å². The van der Waals surface area contributed by atoms with Crippen molar-refractivity contribution in [1.82, 2.24) is 4.72 Å². The van der Waals surface area contributed by atoms with Gasteiger partial charge in [0.15, 0.2) is 5.75 Å². The number of amides is 2. The molecule has 0 aliphatic rings. The van der Waals surface area contributed by atoms with Gasteiger partial charge in [-0.05, 0) is 24.3 Å². The van der Waals surface area contributed by atoms with Gasteiger partial charge in [-0.15, -0.1) is 0 Å². The van der Waals surface area contributed by atoms with Crippen LogP contribution in [0.25, 0.3) is 0 Å². The molecule has 0 aliphatic carbocycles. The third kappa shape index (κ3) is 4.87. The molecular weight excluding hydrogens is 348 g/mol. The maximum absolute atomic E-state index is 12.1. The summed E-state index contributed by atoms with van der Waals surface area (Å²) in [4.78, 5) is 24.1. The molecule has 0 heterocycles. The maximum atomic E-state index is 12.1. The first-order valence-electron chi connectivity index (χ1n) is 7.87. The summed E-state index contributed by atoms with van der Waals surface area (Å²) in [5.41, 5.74) is 1.02. The third-order valence-electron chi connectivity index (χ3n) is 3.35. The number of ether oxygens (including phenoxy) is 1. The first-order chi connectivity index (χ1) is 12.7. The largest absolute Gasteiger partial charge is 0.455 e. The fraction of sp³-hybridized carbons (Fsp3) is 0. The van der Waals surface area contributed by atoms with Gasteiger partial charge >= 0.3 is 6.03 Å². The summed E-state index contributed by atoms with van der Waals surface area (Å²) in [5.74, 6) is 1.17. The number of hydrogen-bond acceptors (Lipinski definition) is 4. The van der Waals surface area contributed by atoms with Gasteiger partial charge in [0.25, 0.3) is 0 Å². The van der Waals surface area contributed by atoms with E-state index < -0.39 is 6.03 Å². The second-order valence-corrected chi connectivity index (χ2v) is 6.00. The van der Waals surface area contributed by atoms with E-state index in [0.29, 0.717) is 22.7 Å². The van der Waals surface area contributed by atoms with Crippen LogP contribution in [-0.4, -0.2) is 11.1 Å². The summed E-state index contributed by atoms with van der Waals surface area (Å²) in [6, 6.07) is 24.6. The van der Waals surface area contributed by atoms with E-state index in [1.54, 1.807) is 42.5 Å². The van der Waals surface area contributed by atoms with Gasteiger partial charge in [-0.3, -0.25) is 9.52 Å². The van der Waals surface area contributed by atoms with Gasteiger partial charge in [-0.2, -0.15) is 0 Å². The molecule has 6 heteroatoms. The predicted octanol–water partition coefficient (Wildman–Crippen LogP) is 5.09. The standard InChI is InChI=1S/C20H16N2O3S/c23-19(15-9-3-1-4-10-15)26-22-20(24)21-17-13-7-8-14-18(17)25-16-11-5-2-6-12-16/h1-14H,(H2,21,22,24). The molecule has 5 nitrogen and oxygen atoms in total. The molecule has 0 unspecified atom stereocenters. The fourth-order valence-electron chi connectivity index (χ4n) is 2.15. The molecule has 0 spiro atoms. The molecule has 3 aromatic carbocycles. The van der Waals surface area contributed by atoms with Gasteiger partial charge in [0, 0.05) is 17.5 Å². The average Bonchev–Trinajstić information content (AvgIpc) is 2.69. The Morgan fingerprint density at radius 2 is 1.38 bits per heavy atom. The highest BCUT2D eigenvalue weighted by molar-refractivity contribution is 8.12. The maximum Gasteiger partial charge on any atom is 0.329 e. The number of nitrogens with one attached hydrogen (secondary N) is 2. The van der Waals surface area contributed by atoms with Gasteiger partial charge in [-0.25, -0.2) is 4.79 Å². The van der Waals surface area contributed by atoms with E-state index in [-0.39, 0.29) is 5.12 Å². The first-order valence-corrected chi connectivity index (χ1v) is 8.69.